The van der Waals surface area contributed by atoms with Gasteiger partial charge < -0.3 is 5.32 Å². The Morgan fingerprint density at radius 3 is 3.05 bits per heavy atom. The fourth-order valence-electron chi connectivity index (χ4n) is 1.52. The summed E-state index contributed by atoms with van der Waals surface area (Å²) in [6.45, 7) is 2.01. The molecule has 0 saturated carbocycles. The molecule has 0 radical (unpaired) electrons. The first-order valence-corrected chi connectivity index (χ1v) is 6.57. The SMILES string of the molecule is CCCc1nc(C(=O)Nc2cc(F)ccc2Br)n[nH]1. The lowest BCUT2D eigenvalue weighted by atomic mass is 10.3. The molecule has 0 spiro atoms. The smallest absolute Gasteiger partial charge is 0.295 e. The van der Waals surface area contributed by atoms with Crippen molar-refractivity contribution in [1.29, 1.82) is 0 Å². The van der Waals surface area contributed by atoms with Crippen molar-refractivity contribution in [2.45, 2.75) is 19.8 Å². The summed E-state index contributed by atoms with van der Waals surface area (Å²) in [4.78, 5) is 16.0. The van der Waals surface area contributed by atoms with Crippen LogP contribution in [0.1, 0.15) is 29.8 Å². The zero-order valence-electron chi connectivity index (χ0n) is 10.2. The molecule has 0 atom stereocenters. The maximum absolute atomic E-state index is 13.1. The summed E-state index contributed by atoms with van der Waals surface area (Å²) in [6, 6.07) is 4.04. The molecule has 0 aliphatic carbocycles. The number of rotatable bonds is 4. The molecule has 2 aromatic rings. The van der Waals surface area contributed by atoms with E-state index in [2.05, 4.69) is 36.4 Å². The van der Waals surface area contributed by atoms with Crippen LogP contribution in [0.5, 0.6) is 0 Å². The van der Waals surface area contributed by atoms with Gasteiger partial charge in [0.15, 0.2) is 0 Å². The first-order valence-electron chi connectivity index (χ1n) is 5.78. The molecule has 19 heavy (non-hydrogen) atoms. The molecule has 100 valence electrons. The van der Waals surface area contributed by atoms with Gasteiger partial charge in [-0.1, -0.05) is 6.92 Å². The molecule has 2 N–H and O–H groups in total. The van der Waals surface area contributed by atoms with Gasteiger partial charge in [0, 0.05) is 10.9 Å². The summed E-state index contributed by atoms with van der Waals surface area (Å²) in [5.74, 6) is -0.212. The van der Waals surface area contributed by atoms with Crippen LogP contribution in [0.15, 0.2) is 22.7 Å². The lowest BCUT2D eigenvalue weighted by Crippen LogP contribution is -2.14. The van der Waals surface area contributed by atoms with Crippen molar-refractivity contribution < 1.29 is 9.18 Å². The Morgan fingerprint density at radius 1 is 1.53 bits per heavy atom. The van der Waals surface area contributed by atoms with Gasteiger partial charge >= 0.3 is 0 Å². The second-order valence-electron chi connectivity index (χ2n) is 3.93. The molecule has 1 heterocycles. The van der Waals surface area contributed by atoms with Gasteiger partial charge in [0.25, 0.3) is 5.91 Å². The average molecular weight is 327 g/mol. The highest BCUT2D eigenvalue weighted by Gasteiger charge is 2.14. The van der Waals surface area contributed by atoms with Gasteiger partial charge in [0.1, 0.15) is 11.6 Å². The number of amides is 1. The van der Waals surface area contributed by atoms with Gasteiger partial charge in [0.2, 0.25) is 5.82 Å². The van der Waals surface area contributed by atoms with Crippen LogP contribution >= 0.6 is 15.9 Å². The van der Waals surface area contributed by atoms with E-state index in [1.807, 2.05) is 6.92 Å². The van der Waals surface area contributed by atoms with E-state index in [4.69, 9.17) is 0 Å². The molecule has 7 heteroatoms. The molecule has 0 aliphatic rings. The molecule has 0 aliphatic heterocycles. The number of aromatic amines is 1. The van der Waals surface area contributed by atoms with E-state index in [1.165, 1.54) is 18.2 Å². The highest BCUT2D eigenvalue weighted by molar-refractivity contribution is 9.10. The zero-order valence-corrected chi connectivity index (χ0v) is 11.8. The predicted molar refractivity (Wildman–Crippen MR) is 72.4 cm³/mol. The van der Waals surface area contributed by atoms with Crippen molar-refractivity contribution >= 4 is 27.5 Å². The van der Waals surface area contributed by atoms with E-state index in [-0.39, 0.29) is 5.82 Å². The fraction of sp³-hybridized carbons (Fsp3) is 0.250. The van der Waals surface area contributed by atoms with E-state index in [0.29, 0.717) is 16.0 Å². The van der Waals surface area contributed by atoms with Crippen molar-refractivity contribution in [3.05, 3.63) is 40.1 Å². The summed E-state index contributed by atoms with van der Waals surface area (Å²) in [5.41, 5.74) is 0.340. The number of H-pyrrole nitrogens is 1. The van der Waals surface area contributed by atoms with Crippen LogP contribution in [-0.2, 0) is 6.42 Å². The Labute approximate surface area is 117 Å². The second-order valence-corrected chi connectivity index (χ2v) is 4.79. The average Bonchev–Trinajstić information content (AvgIpc) is 2.83. The highest BCUT2D eigenvalue weighted by atomic mass is 79.9. The molecule has 1 amide bonds. The molecule has 0 saturated heterocycles. The number of halogens is 2. The Hall–Kier alpha value is -1.76. The van der Waals surface area contributed by atoms with Crippen LogP contribution in [0.3, 0.4) is 0 Å². The zero-order chi connectivity index (χ0) is 13.8. The van der Waals surface area contributed by atoms with Gasteiger partial charge in [0.05, 0.1) is 5.69 Å². The number of nitrogens with zero attached hydrogens (tertiary/aromatic N) is 2. The Morgan fingerprint density at radius 2 is 2.32 bits per heavy atom. The quantitative estimate of drug-likeness (QED) is 0.907. The van der Waals surface area contributed by atoms with E-state index in [9.17, 15) is 9.18 Å². The minimum absolute atomic E-state index is 0.0413. The van der Waals surface area contributed by atoms with E-state index in [1.54, 1.807) is 0 Å². The number of hydrogen-bond acceptors (Lipinski definition) is 3. The van der Waals surface area contributed by atoms with Crippen LogP contribution in [0.25, 0.3) is 0 Å². The summed E-state index contributed by atoms with van der Waals surface area (Å²) in [7, 11) is 0. The molecular weight excluding hydrogens is 315 g/mol. The van der Waals surface area contributed by atoms with Crippen molar-refractivity contribution in [3.8, 4) is 0 Å². The first-order chi connectivity index (χ1) is 9.10. The summed E-state index contributed by atoms with van der Waals surface area (Å²) in [5, 5.41) is 9.07. The molecule has 5 nitrogen and oxygen atoms in total. The third kappa shape index (κ3) is 3.37. The number of benzene rings is 1. The number of hydrogen-bond donors (Lipinski definition) is 2. The Bertz CT molecular complexity index is 599. The van der Waals surface area contributed by atoms with Crippen LogP contribution in [0.2, 0.25) is 0 Å². The fourth-order valence-corrected chi connectivity index (χ4v) is 1.86. The van der Waals surface area contributed by atoms with Gasteiger partial charge in [-0.2, -0.15) is 0 Å². The van der Waals surface area contributed by atoms with Crippen LogP contribution < -0.4 is 5.32 Å². The summed E-state index contributed by atoms with van der Waals surface area (Å²) >= 11 is 3.23. The highest BCUT2D eigenvalue weighted by Crippen LogP contribution is 2.23. The first kappa shape index (κ1) is 13.7. The number of carbonyl (C=O) groups is 1. The normalized spacial score (nSPS) is 10.5. The van der Waals surface area contributed by atoms with E-state index < -0.39 is 11.7 Å². The Kier molecular flexibility index (Phi) is 4.26. The van der Waals surface area contributed by atoms with Gasteiger partial charge in [-0.05, 0) is 40.5 Å². The van der Waals surface area contributed by atoms with Gasteiger partial charge in [-0.25, -0.2) is 9.37 Å². The molecule has 0 fully saturated rings. The van der Waals surface area contributed by atoms with Crippen molar-refractivity contribution in [1.82, 2.24) is 15.2 Å². The van der Waals surface area contributed by atoms with Crippen molar-refractivity contribution in [2.75, 3.05) is 5.32 Å². The van der Waals surface area contributed by atoms with Gasteiger partial charge in [-0.15, -0.1) is 5.10 Å². The van der Waals surface area contributed by atoms with Crippen molar-refractivity contribution in [2.24, 2.45) is 0 Å². The number of aryl methyl sites for hydroxylation is 1. The van der Waals surface area contributed by atoms with Gasteiger partial charge in [-0.3, -0.25) is 9.89 Å². The maximum atomic E-state index is 13.1. The molecular formula is C12H12BrFN4O. The monoisotopic (exact) mass is 326 g/mol. The van der Waals surface area contributed by atoms with E-state index >= 15 is 0 Å². The molecule has 0 bridgehead atoms. The van der Waals surface area contributed by atoms with Crippen molar-refractivity contribution in [3.63, 3.8) is 0 Å². The lowest BCUT2D eigenvalue weighted by molar-refractivity contribution is 0.101. The molecule has 1 aromatic carbocycles. The van der Waals surface area contributed by atoms with Crippen LogP contribution in [0.4, 0.5) is 10.1 Å². The molecule has 0 unspecified atom stereocenters. The number of nitrogens with one attached hydrogen (secondary N) is 2. The minimum Gasteiger partial charge on any atom is -0.318 e. The number of aromatic nitrogens is 3. The minimum atomic E-state index is -0.482. The largest absolute Gasteiger partial charge is 0.318 e. The molecule has 1 aromatic heterocycles. The second kappa shape index (κ2) is 5.92. The molecule has 2 rings (SSSR count). The number of carbonyl (C=O) groups excluding carboxylic acids is 1. The Balaban J connectivity index is 2.13. The summed E-state index contributed by atoms with van der Waals surface area (Å²) in [6.07, 6.45) is 1.63. The standard InChI is InChI=1S/C12H12BrFN4O/c1-2-3-10-16-11(18-17-10)12(19)15-9-6-7(14)4-5-8(9)13/h4-6H,2-3H2,1H3,(H,15,19)(H,16,17,18). The third-order valence-electron chi connectivity index (χ3n) is 2.40. The summed E-state index contributed by atoms with van der Waals surface area (Å²) < 4.78 is 13.7. The third-order valence-corrected chi connectivity index (χ3v) is 3.09. The van der Waals surface area contributed by atoms with E-state index in [0.717, 1.165) is 12.8 Å². The number of anilines is 1. The predicted octanol–water partition coefficient (Wildman–Crippen LogP) is 2.91. The maximum Gasteiger partial charge on any atom is 0.295 e. The van der Waals surface area contributed by atoms with Crippen LogP contribution in [-0.4, -0.2) is 21.1 Å². The van der Waals surface area contributed by atoms with Crippen LogP contribution in [0, 0.1) is 5.82 Å². The lowest BCUT2D eigenvalue weighted by Gasteiger charge is -2.05. The topological polar surface area (TPSA) is 70.7 Å².